The maximum absolute atomic E-state index is 12.1. The van der Waals surface area contributed by atoms with Crippen LogP contribution in [0.4, 0.5) is 5.82 Å². The maximum Gasteiger partial charge on any atom is 0.256 e. The minimum Gasteiger partial charge on any atom is -0.487 e. The Kier molecular flexibility index (Phi) is 4.33. The van der Waals surface area contributed by atoms with Gasteiger partial charge in [0.2, 0.25) is 0 Å². The van der Waals surface area contributed by atoms with E-state index < -0.39 is 0 Å². The number of nitrogens with one attached hydrogen (secondary N) is 1. The van der Waals surface area contributed by atoms with Crippen molar-refractivity contribution in [2.45, 2.75) is 20.5 Å². The van der Waals surface area contributed by atoms with Gasteiger partial charge < -0.3 is 14.6 Å². The molecule has 0 saturated heterocycles. The topological polar surface area (TPSA) is 90.1 Å². The Labute approximate surface area is 136 Å². The van der Waals surface area contributed by atoms with Crippen molar-refractivity contribution in [3.05, 3.63) is 53.0 Å². The molecule has 2 heterocycles. The van der Waals surface area contributed by atoms with Crippen molar-refractivity contribution < 1.29 is 14.1 Å². The third-order valence-corrected chi connectivity index (χ3v) is 3.77. The van der Waals surface area contributed by atoms with Crippen LogP contribution in [0, 0.1) is 13.8 Å². The fraction of sp³-hybridized carbons (Fsp3) is 0.200. The number of carbonyl (C=O) groups is 1. The highest BCUT2D eigenvalue weighted by Crippen LogP contribution is 2.16. The van der Waals surface area contributed by atoms with Crippen LogP contribution in [0.3, 0.4) is 0 Å². The average Bonchev–Trinajstić information content (AvgIpc) is 3.14. The van der Waals surface area contributed by atoms with Crippen LogP contribution in [-0.4, -0.2) is 19.8 Å². The van der Waals surface area contributed by atoms with E-state index in [4.69, 9.17) is 9.26 Å². The lowest BCUT2D eigenvalue weighted by molar-refractivity contribution is 0.102. The van der Waals surface area contributed by atoms with Crippen LogP contribution in [0.5, 0.6) is 5.75 Å². The van der Waals surface area contributed by atoms with E-state index in [0.717, 1.165) is 23.1 Å². The summed E-state index contributed by atoms with van der Waals surface area (Å²) < 4.78 is 18.8. The van der Waals surface area contributed by atoms with Gasteiger partial charge in [-0.05, 0) is 38.1 Å². The highest BCUT2D eigenvalue weighted by Gasteiger charge is 2.09. The van der Waals surface area contributed by atoms with Crippen molar-refractivity contribution in [1.29, 1.82) is 0 Å². The third kappa shape index (κ3) is 3.72. The highest BCUT2D eigenvalue weighted by atomic mass is 32.1. The van der Waals surface area contributed by atoms with E-state index in [-0.39, 0.29) is 5.91 Å². The Balaban J connectivity index is 1.60. The molecular weight excluding hydrogens is 316 g/mol. The lowest BCUT2D eigenvalue weighted by atomic mass is 10.2. The Morgan fingerprint density at radius 3 is 2.65 bits per heavy atom. The summed E-state index contributed by atoms with van der Waals surface area (Å²) in [6, 6.07) is 8.49. The fourth-order valence-corrected chi connectivity index (χ4v) is 2.40. The molecule has 0 fully saturated rings. The Morgan fingerprint density at radius 1 is 1.26 bits per heavy atom. The van der Waals surface area contributed by atoms with Crippen molar-refractivity contribution in [3.8, 4) is 5.75 Å². The van der Waals surface area contributed by atoms with Gasteiger partial charge in [0.1, 0.15) is 23.8 Å². The van der Waals surface area contributed by atoms with Gasteiger partial charge >= 0.3 is 0 Å². The van der Waals surface area contributed by atoms with Gasteiger partial charge in [-0.3, -0.25) is 4.79 Å². The summed E-state index contributed by atoms with van der Waals surface area (Å²) in [5.41, 5.74) is 2.19. The molecule has 1 N–H and O–H groups in total. The second kappa shape index (κ2) is 6.57. The molecule has 0 aliphatic carbocycles. The van der Waals surface area contributed by atoms with E-state index >= 15 is 0 Å². The van der Waals surface area contributed by atoms with Crippen molar-refractivity contribution in [2.24, 2.45) is 0 Å². The molecule has 118 valence electrons. The first-order chi connectivity index (χ1) is 11.1. The molecule has 23 heavy (non-hydrogen) atoms. The van der Waals surface area contributed by atoms with Crippen molar-refractivity contribution in [2.75, 3.05) is 5.32 Å². The average molecular weight is 330 g/mol. The Morgan fingerprint density at radius 2 is 2.04 bits per heavy atom. The number of rotatable bonds is 5. The zero-order valence-corrected chi connectivity index (χ0v) is 13.4. The predicted molar refractivity (Wildman–Crippen MR) is 84.6 cm³/mol. The highest BCUT2D eigenvalue weighted by molar-refractivity contribution is 6.99. The molecule has 0 atom stereocenters. The first kappa shape index (κ1) is 15.2. The molecule has 7 nitrogen and oxygen atoms in total. The number of aromatic nitrogens is 3. The molecule has 1 aromatic carbocycles. The monoisotopic (exact) mass is 330 g/mol. The summed E-state index contributed by atoms with van der Waals surface area (Å²) in [6.07, 6.45) is 0. The standard InChI is InChI=1S/C15H14N4O3S/c1-9-7-14(17-22-9)16-15(20)11-3-5-12(6-4-11)21-8-13-10(2)18-23-19-13/h3-7H,8H2,1-2H3,(H,16,17,20). The minimum absolute atomic E-state index is 0.260. The number of hydrogen-bond acceptors (Lipinski definition) is 7. The molecule has 0 radical (unpaired) electrons. The second-order valence-electron chi connectivity index (χ2n) is 4.89. The molecule has 0 aliphatic heterocycles. The number of hydrogen-bond donors (Lipinski definition) is 1. The number of benzene rings is 1. The summed E-state index contributed by atoms with van der Waals surface area (Å²) in [7, 11) is 0. The van der Waals surface area contributed by atoms with Gasteiger partial charge in [0.05, 0.1) is 17.4 Å². The summed E-state index contributed by atoms with van der Waals surface area (Å²) in [5, 5.41) is 6.38. The summed E-state index contributed by atoms with van der Waals surface area (Å²) in [5.74, 6) is 1.42. The van der Waals surface area contributed by atoms with Gasteiger partial charge in [0, 0.05) is 11.6 Å². The molecule has 1 amide bonds. The van der Waals surface area contributed by atoms with Crippen LogP contribution in [-0.2, 0) is 6.61 Å². The fourth-order valence-electron chi connectivity index (χ4n) is 1.85. The zero-order chi connectivity index (χ0) is 16.2. The zero-order valence-electron chi connectivity index (χ0n) is 12.6. The van der Waals surface area contributed by atoms with Crippen LogP contribution in [0.1, 0.15) is 27.5 Å². The number of anilines is 1. The van der Waals surface area contributed by atoms with E-state index in [1.165, 1.54) is 0 Å². The first-order valence-electron chi connectivity index (χ1n) is 6.87. The minimum atomic E-state index is -0.260. The van der Waals surface area contributed by atoms with Crippen LogP contribution in [0.25, 0.3) is 0 Å². The molecule has 0 spiro atoms. The molecule has 0 aliphatic rings. The van der Waals surface area contributed by atoms with Gasteiger partial charge in [0.25, 0.3) is 5.91 Å². The number of amides is 1. The van der Waals surface area contributed by atoms with Crippen molar-refractivity contribution in [3.63, 3.8) is 0 Å². The molecule has 8 heteroatoms. The smallest absolute Gasteiger partial charge is 0.256 e. The number of carbonyl (C=O) groups excluding carboxylic acids is 1. The van der Waals surface area contributed by atoms with Crippen molar-refractivity contribution in [1.82, 2.24) is 13.9 Å². The van der Waals surface area contributed by atoms with Gasteiger partial charge in [0.15, 0.2) is 5.82 Å². The first-order valence-corrected chi connectivity index (χ1v) is 7.60. The maximum atomic E-state index is 12.1. The Bertz CT molecular complexity index is 810. The van der Waals surface area contributed by atoms with Crippen LogP contribution in [0.2, 0.25) is 0 Å². The largest absolute Gasteiger partial charge is 0.487 e. The molecule has 0 saturated carbocycles. The van der Waals surface area contributed by atoms with E-state index in [2.05, 4.69) is 19.2 Å². The number of nitrogens with zero attached hydrogens (tertiary/aromatic N) is 3. The normalized spacial score (nSPS) is 10.5. The summed E-state index contributed by atoms with van der Waals surface area (Å²) >= 11 is 1.16. The molecule has 2 aromatic heterocycles. The number of aryl methyl sites for hydroxylation is 2. The number of ether oxygens (including phenoxy) is 1. The van der Waals surface area contributed by atoms with Gasteiger partial charge in [-0.2, -0.15) is 8.75 Å². The van der Waals surface area contributed by atoms with Crippen LogP contribution >= 0.6 is 11.7 Å². The third-order valence-electron chi connectivity index (χ3n) is 3.11. The quantitative estimate of drug-likeness (QED) is 0.773. The lowest BCUT2D eigenvalue weighted by Gasteiger charge is -2.06. The van der Waals surface area contributed by atoms with E-state index in [1.807, 2.05) is 6.92 Å². The summed E-state index contributed by atoms with van der Waals surface area (Å²) in [4.78, 5) is 12.1. The van der Waals surface area contributed by atoms with Crippen LogP contribution < -0.4 is 10.1 Å². The second-order valence-corrected chi connectivity index (χ2v) is 5.41. The van der Waals surface area contributed by atoms with Crippen molar-refractivity contribution >= 4 is 23.5 Å². The molecular formula is C15H14N4O3S. The molecule has 3 rings (SSSR count). The van der Waals surface area contributed by atoms with Gasteiger partial charge in [-0.25, -0.2) is 0 Å². The van der Waals surface area contributed by atoms with E-state index in [1.54, 1.807) is 37.3 Å². The van der Waals surface area contributed by atoms with Gasteiger partial charge in [-0.1, -0.05) is 5.16 Å². The predicted octanol–water partition coefficient (Wildman–Crippen LogP) is 2.97. The van der Waals surface area contributed by atoms with Crippen LogP contribution in [0.15, 0.2) is 34.9 Å². The molecule has 0 bridgehead atoms. The molecule has 0 unspecified atom stereocenters. The SMILES string of the molecule is Cc1cc(NC(=O)c2ccc(OCc3nsnc3C)cc2)no1. The Hall–Kier alpha value is -2.74. The lowest BCUT2D eigenvalue weighted by Crippen LogP contribution is -2.11. The summed E-state index contributed by atoms with van der Waals surface area (Å²) in [6.45, 7) is 4.00. The molecule has 3 aromatic rings. The van der Waals surface area contributed by atoms with E-state index in [0.29, 0.717) is 29.5 Å². The van der Waals surface area contributed by atoms with Gasteiger partial charge in [-0.15, -0.1) is 0 Å². The van der Waals surface area contributed by atoms with E-state index in [9.17, 15) is 4.79 Å².